The molecular formula is C16H21NO2. The summed E-state index contributed by atoms with van der Waals surface area (Å²) in [6.45, 7) is 12.4. The molecule has 1 rings (SSSR count). The molecule has 0 aliphatic heterocycles. The number of ether oxygens (including phenoxy) is 1. The van der Waals surface area contributed by atoms with Crippen molar-refractivity contribution in [3.8, 4) is 5.75 Å². The molecule has 102 valence electrons. The molecule has 19 heavy (non-hydrogen) atoms. The first-order chi connectivity index (χ1) is 9.17. The Morgan fingerprint density at radius 3 is 2.58 bits per heavy atom. The van der Waals surface area contributed by atoms with Crippen molar-refractivity contribution >= 4 is 5.71 Å². The zero-order valence-electron chi connectivity index (χ0n) is 11.7. The molecule has 0 radical (unpaired) electrons. The fourth-order valence-electron chi connectivity index (χ4n) is 1.32. The number of hydrogen-bond acceptors (Lipinski definition) is 3. The van der Waals surface area contributed by atoms with Gasteiger partial charge in [0.2, 0.25) is 0 Å². The second kappa shape index (κ2) is 8.14. The van der Waals surface area contributed by atoms with Gasteiger partial charge < -0.3 is 9.57 Å². The summed E-state index contributed by atoms with van der Waals surface area (Å²) in [6, 6.07) is 7.76. The minimum Gasteiger partial charge on any atom is -0.489 e. The van der Waals surface area contributed by atoms with Crippen LogP contribution >= 0.6 is 0 Å². The van der Waals surface area contributed by atoms with Crippen molar-refractivity contribution < 1.29 is 9.57 Å². The molecule has 0 bridgehead atoms. The first-order valence-electron chi connectivity index (χ1n) is 6.34. The molecule has 1 aromatic rings. The van der Waals surface area contributed by atoms with Crippen molar-refractivity contribution in [3.05, 3.63) is 54.6 Å². The van der Waals surface area contributed by atoms with Crippen LogP contribution in [-0.2, 0) is 4.84 Å². The first kappa shape index (κ1) is 15.0. The molecule has 1 aromatic carbocycles. The summed E-state index contributed by atoms with van der Waals surface area (Å²) in [7, 11) is 0. The van der Waals surface area contributed by atoms with Crippen LogP contribution < -0.4 is 4.74 Å². The molecule has 0 atom stereocenters. The van der Waals surface area contributed by atoms with Gasteiger partial charge in [-0.25, -0.2) is 0 Å². The highest BCUT2D eigenvalue weighted by Gasteiger charge is 2.00. The Morgan fingerprint density at radius 2 is 2.00 bits per heavy atom. The van der Waals surface area contributed by atoms with Gasteiger partial charge in [0, 0.05) is 0 Å². The summed E-state index contributed by atoms with van der Waals surface area (Å²) in [5.41, 5.74) is 2.91. The Kier molecular flexibility index (Phi) is 6.44. The van der Waals surface area contributed by atoms with Gasteiger partial charge in [0.25, 0.3) is 0 Å². The molecule has 0 unspecified atom stereocenters. The van der Waals surface area contributed by atoms with Crippen molar-refractivity contribution in [2.24, 2.45) is 5.16 Å². The van der Waals surface area contributed by atoms with Gasteiger partial charge in [0.05, 0.1) is 5.71 Å². The van der Waals surface area contributed by atoms with E-state index < -0.39 is 0 Å². The van der Waals surface area contributed by atoms with Gasteiger partial charge in [-0.2, -0.15) is 0 Å². The smallest absolute Gasteiger partial charge is 0.135 e. The number of benzene rings is 1. The molecule has 0 saturated carbocycles. The fourth-order valence-corrected chi connectivity index (χ4v) is 1.32. The Hall–Kier alpha value is -2.03. The van der Waals surface area contributed by atoms with Crippen molar-refractivity contribution in [1.82, 2.24) is 0 Å². The molecular weight excluding hydrogens is 238 g/mol. The molecule has 0 aromatic heterocycles. The highest BCUT2D eigenvalue weighted by Crippen LogP contribution is 2.14. The summed E-state index contributed by atoms with van der Waals surface area (Å²) in [6.07, 6.45) is 2.60. The van der Waals surface area contributed by atoms with Crippen LogP contribution in [0.2, 0.25) is 0 Å². The summed E-state index contributed by atoms with van der Waals surface area (Å²) in [4.78, 5) is 5.05. The highest BCUT2D eigenvalue weighted by atomic mass is 16.6. The summed E-state index contributed by atoms with van der Waals surface area (Å²) < 4.78 is 5.61. The van der Waals surface area contributed by atoms with Crippen molar-refractivity contribution in [2.45, 2.75) is 20.3 Å². The quantitative estimate of drug-likeness (QED) is 0.306. The van der Waals surface area contributed by atoms with E-state index in [2.05, 4.69) is 25.2 Å². The third kappa shape index (κ3) is 5.42. The van der Waals surface area contributed by atoms with Crippen LogP contribution in [-0.4, -0.2) is 18.9 Å². The van der Waals surface area contributed by atoms with Gasteiger partial charge in [-0.15, -0.1) is 0 Å². The minimum absolute atomic E-state index is 0.414. The average molecular weight is 259 g/mol. The Morgan fingerprint density at radius 1 is 1.32 bits per heavy atom. The summed E-state index contributed by atoms with van der Waals surface area (Å²) >= 11 is 0. The van der Waals surface area contributed by atoms with E-state index in [1.165, 1.54) is 0 Å². The zero-order valence-corrected chi connectivity index (χ0v) is 11.7. The van der Waals surface area contributed by atoms with Crippen LogP contribution in [0.5, 0.6) is 5.75 Å². The minimum atomic E-state index is 0.414. The van der Waals surface area contributed by atoms with Crippen LogP contribution in [0.3, 0.4) is 0 Å². The maximum Gasteiger partial charge on any atom is 0.135 e. The molecule has 0 amide bonds. The van der Waals surface area contributed by atoms with E-state index in [1.54, 1.807) is 6.08 Å². The number of nitrogens with zero attached hydrogens (tertiary/aromatic N) is 1. The molecule has 0 heterocycles. The molecule has 0 saturated heterocycles. The Bertz CT molecular complexity index is 446. The van der Waals surface area contributed by atoms with Gasteiger partial charge in [-0.1, -0.05) is 31.3 Å². The van der Waals surface area contributed by atoms with Crippen molar-refractivity contribution in [1.29, 1.82) is 0 Å². The molecule has 0 aliphatic carbocycles. The molecule has 3 nitrogen and oxygen atoms in total. The lowest BCUT2D eigenvalue weighted by molar-refractivity contribution is 0.175. The predicted molar refractivity (Wildman–Crippen MR) is 79.7 cm³/mol. The number of oxime groups is 1. The van der Waals surface area contributed by atoms with E-state index in [0.717, 1.165) is 29.0 Å². The summed E-state index contributed by atoms with van der Waals surface area (Å²) in [5.74, 6) is 0.832. The Balaban J connectivity index is 2.57. The third-order valence-electron chi connectivity index (χ3n) is 2.61. The van der Waals surface area contributed by atoms with Crippen molar-refractivity contribution in [2.75, 3.05) is 13.2 Å². The standard InChI is InChI=1S/C16H21NO2/c1-5-11-19-17-14(4)15-7-9-16(10-8-15)18-12-13(3)6-2/h5,7-10H,1,3,6,11-12H2,2,4H3/b17-14+. The van der Waals surface area contributed by atoms with Gasteiger partial charge in [-0.05, 0) is 48.7 Å². The molecule has 0 spiro atoms. The van der Waals surface area contributed by atoms with E-state index in [4.69, 9.17) is 9.57 Å². The maximum atomic E-state index is 5.61. The largest absolute Gasteiger partial charge is 0.489 e. The van der Waals surface area contributed by atoms with Crippen LogP contribution in [0.15, 0.2) is 54.2 Å². The Labute approximate surface area is 115 Å². The van der Waals surface area contributed by atoms with E-state index >= 15 is 0 Å². The lowest BCUT2D eigenvalue weighted by Gasteiger charge is -2.08. The predicted octanol–water partition coefficient (Wildman–Crippen LogP) is 3.96. The van der Waals surface area contributed by atoms with Crippen LogP contribution in [0, 0.1) is 0 Å². The third-order valence-corrected chi connectivity index (χ3v) is 2.61. The van der Waals surface area contributed by atoms with E-state index in [-0.39, 0.29) is 0 Å². The molecule has 0 aliphatic rings. The fraction of sp³-hybridized carbons (Fsp3) is 0.312. The molecule has 3 heteroatoms. The first-order valence-corrected chi connectivity index (χ1v) is 6.34. The second-order valence-corrected chi connectivity index (χ2v) is 4.18. The van der Waals surface area contributed by atoms with E-state index in [1.807, 2.05) is 31.2 Å². The number of hydrogen-bond donors (Lipinski definition) is 0. The van der Waals surface area contributed by atoms with Crippen LogP contribution in [0.1, 0.15) is 25.8 Å². The zero-order chi connectivity index (χ0) is 14.1. The van der Waals surface area contributed by atoms with Crippen LogP contribution in [0.4, 0.5) is 0 Å². The SMILES string of the molecule is C=CCO/N=C(\C)c1ccc(OCC(=C)CC)cc1. The average Bonchev–Trinajstić information content (AvgIpc) is 2.45. The van der Waals surface area contributed by atoms with Gasteiger partial charge in [-0.3, -0.25) is 0 Å². The van der Waals surface area contributed by atoms with E-state index in [9.17, 15) is 0 Å². The van der Waals surface area contributed by atoms with Gasteiger partial charge in [0.1, 0.15) is 19.0 Å². The second-order valence-electron chi connectivity index (χ2n) is 4.18. The lowest BCUT2D eigenvalue weighted by Crippen LogP contribution is -2.00. The van der Waals surface area contributed by atoms with Gasteiger partial charge in [0.15, 0.2) is 0 Å². The normalized spacial score (nSPS) is 10.9. The lowest BCUT2D eigenvalue weighted by atomic mass is 10.1. The number of rotatable bonds is 8. The maximum absolute atomic E-state index is 5.61. The van der Waals surface area contributed by atoms with E-state index in [0.29, 0.717) is 13.2 Å². The van der Waals surface area contributed by atoms with Crippen LogP contribution in [0.25, 0.3) is 0 Å². The van der Waals surface area contributed by atoms with Gasteiger partial charge >= 0.3 is 0 Å². The van der Waals surface area contributed by atoms with Crippen molar-refractivity contribution in [3.63, 3.8) is 0 Å². The summed E-state index contributed by atoms with van der Waals surface area (Å²) in [5, 5.41) is 3.99. The molecule has 0 fully saturated rings. The highest BCUT2D eigenvalue weighted by molar-refractivity contribution is 5.98. The topological polar surface area (TPSA) is 30.8 Å². The molecule has 0 N–H and O–H groups in total. The monoisotopic (exact) mass is 259 g/mol.